The number of hydrogen-bond acceptors (Lipinski definition) is 10. The van der Waals surface area contributed by atoms with Gasteiger partial charge in [-0.05, 0) is 67.1 Å². The molecular weight excluding hydrogens is 658 g/mol. The van der Waals surface area contributed by atoms with E-state index < -0.39 is 79.3 Å². The molecule has 4 rings (SSSR count). The Morgan fingerprint density at radius 1 is 0.600 bits per heavy atom. The van der Waals surface area contributed by atoms with Gasteiger partial charge in [-0.2, -0.15) is 25.3 Å². The van der Waals surface area contributed by atoms with Crippen molar-refractivity contribution in [2.24, 2.45) is 0 Å². The number of benzene rings is 4. The molecule has 0 aromatic heterocycles. The highest BCUT2D eigenvalue weighted by molar-refractivity contribution is 7.87. The molecule has 45 heavy (non-hydrogen) atoms. The van der Waals surface area contributed by atoms with E-state index in [2.05, 4.69) is 10.6 Å². The van der Waals surface area contributed by atoms with E-state index in [1.807, 2.05) is 0 Å². The number of nitrogen functional groups attached to an aromatic ring is 1. The van der Waals surface area contributed by atoms with E-state index >= 15 is 0 Å². The fraction of sp³-hybridized carbons (Fsp3) is 0.0385. The van der Waals surface area contributed by atoms with Crippen LogP contribution in [0.2, 0.25) is 0 Å². The fourth-order valence-corrected chi connectivity index (χ4v) is 6.54. The molecule has 0 atom stereocenters. The first-order chi connectivity index (χ1) is 20.7. The zero-order valence-corrected chi connectivity index (χ0v) is 25.0. The van der Waals surface area contributed by atoms with Crippen molar-refractivity contribution in [2.75, 3.05) is 16.4 Å². The van der Waals surface area contributed by atoms with Crippen LogP contribution in [0.3, 0.4) is 0 Å². The molecule has 8 N–H and O–H groups in total. The number of aryl methyl sites for hydroxylation is 1. The zero-order chi connectivity index (χ0) is 33.6. The largest absolute Gasteiger partial charge is 0.478 e. The summed E-state index contributed by atoms with van der Waals surface area (Å²) in [4.78, 5) is 34.1. The Hall–Kier alpha value is -4.92. The van der Waals surface area contributed by atoms with Gasteiger partial charge in [0.05, 0.1) is 11.3 Å². The first kappa shape index (κ1) is 33.0. The number of carbonyl (C=O) groups is 3. The van der Waals surface area contributed by atoms with Gasteiger partial charge in [-0.1, -0.05) is 6.07 Å². The number of anilines is 3. The highest BCUT2D eigenvalue weighted by atomic mass is 32.2. The molecule has 4 aromatic carbocycles. The van der Waals surface area contributed by atoms with Gasteiger partial charge in [0, 0.05) is 33.3 Å². The summed E-state index contributed by atoms with van der Waals surface area (Å²) in [6.45, 7) is 1.57. The summed E-state index contributed by atoms with van der Waals surface area (Å²) in [6.07, 6.45) is 0. The van der Waals surface area contributed by atoms with Gasteiger partial charge in [0.25, 0.3) is 42.2 Å². The van der Waals surface area contributed by atoms with E-state index in [0.29, 0.717) is 23.8 Å². The molecule has 236 valence electrons. The molecule has 0 radical (unpaired) electrons. The first-order valence-corrected chi connectivity index (χ1v) is 16.4. The average molecular weight is 680 g/mol. The second-order valence-electron chi connectivity index (χ2n) is 9.44. The lowest BCUT2D eigenvalue weighted by Gasteiger charge is -2.16. The smallest absolute Gasteiger partial charge is 0.335 e. The van der Waals surface area contributed by atoms with Crippen LogP contribution in [-0.4, -0.2) is 61.8 Å². The SMILES string of the molecule is Cc1ccc(C(=O)Nc2ccc(S(=O)(=O)O)c3c(S(=O)(=O)O)ccc(S(=O)(=O)O)c23)cc1NC(=O)c1cc(N)cc(C(=O)O)c1. The number of amides is 2. The molecule has 0 aliphatic rings. The van der Waals surface area contributed by atoms with Crippen molar-refractivity contribution in [1.29, 1.82) is 0 Å². The summed E-state index contributed by atoms with van der Waals surface area (Å²) in [6, 6.07) is 9.79. The van der Waals surface area contributed by atoms with Crippen molar-refractivity contribution in [2.45, 2.75) is 21.6 Å². The van der Waals surface area contributed by atoms with E-state index in [9.17, 15) is 58.4 Å². The summed E-state index contributed by atoms with van der Waals surface area (Å²) in [5.41, 5.74) is 5.10. The molecular formula is C26H21N3O13S3. The van der Waals surface area contributed by atoms with E-state index in [0.717, 1.165) is 18.2 Å². The lowest BCUT2D eigenvalue weighted by Crippen LogP contribution is -2.17. The number of carboxylic acids is 1. The van der Waals surface area contributed by atoms with Crippen LogP contribution in [0.1, 0.15) is 36.6 Å². The molecule has 0 saturated carbocycles. The normalized spacial score (nSPS) is 12.1. The molecule has 0 aliphatic heterocycles. The maximum atomic E-state index is 13.3. The van der Waals surface area contributed by atoms with Crippen molar-refractivity contribution in [1.82, 2.24) is 0 Å². The van der Waals surface area contributed by atoms with Gasteiger partial charge in [0.2, 0.25) is 0 Å². The van der Waals surface area contributed by atoms with Crippen molar-refractivity contribution >= 4 is 76.0 Å². The molecule has 0 aliphatic carbocycles. The highest BCUT2D eigenvalue weighted by Gasteiger charge is 2.29. The summed E-state index contributed by atoms with van der Waals surface area (Å²) >= 11 is 0. The van der Waals surface area contributed by atoms with Crippen LogP contribution in [0, 0.1) is 6.92 Å². The van der Waals surface area contributed by atoms with E-state index in [-0.39, 0.29) is 28.1 Å². The summed E-state index contributed by atoms with van der Waals surface area (Å²) < 4.78 is 102. The molecule has 2 amide bonds. The minimum atomic E-state index is -5.27. The fourth-order valence-electron chi connectivity index (χ4n) is 4.34. The van der Waals surface area contributed by atoms with Gasteiger partial charge in [-0.3, -0.25) is 23.2 Å². The predicted octanol–water partition coefficient (Wildman–Crippen LogP) is 2.67. The van der Waals surface area contributed by atoms with Crippen LogP contribution >= 0.6 is 0 Å². The molecule has 16 nitrogen and oxygen atoms in total. The monoisotopic (exact) mass is 679 g/mol. The number of fused-ring (bicyclic) bond motifs is 1. The van der Waals surface area contributed by atoms with Crippen molar-refractivity contribution in [3.05, 3.63) is 82.9 Å². The molecule has 19 heteroatoms. The number of carboxylic acid groups (broad SMARTS) is 1. The third kappa shape index (κ3) is 6.93. The lowest BCUT2D eigenvalue weighted by molar-refractivity contribution is 0.0696. The molecule has 0 unspecified atom stereocenters. The Kier molecular flexibility index (Phi) is 8.46. The van der Waals surface area contributed by atoms with Crippen LogP contribution in [0.4, 0.5) is 17.1 Å². The summed E-state index contributed by atoms with van der Waals surface area (Å²) in [5, 5.41) is 12.1. The van der Waals surface area contributed by atoms with E-state index in [4.69, 9.17) is 5.73 Å². The Bertz CT molecular complexity index is 2250. The molecule has 0 spiro atoms. The zero-order valence-electron chi connectivity index (χ0n) is 22.5. The standard InChI is InChI=1S/C26H21N3O13S3/c1-12-2-3-13(11-18(12)29-25(31)14-8-15(26(32)33)10-16(27)9-14)24(30)28-17-4-5-20(44(37,38)39)23-21(45(40,41)42)7-6-19(22(17)23)43(34,35)36/h2-11H,27H2,1H3,(H,28,30)(H,29,31)(H,32,33)(H,34,35,36)(H,37,38,39)(H,40,41,42). The summed E-state index contributed by atoms with van der Waals surface area (Å²) in [5.74, 6) is -3.13. The van der Waals surface area contributed by atoms with Gasteiger partial charge in [-0.25, -0.2) is 4.79 Å². The van der Waals surface area contributed by atoms with Crippen LogP contribution < -0.4 is 16.4 Å². The molecule has 0 fully saturated rings. The average Bonchev–Trinajstić information content (AvgIpc) is 2.91. The third-order valence-corrected chi connectivity index (χ3v) is 9.03. The number of aromatic carboxylic acids is 1. The van der Waals surface area contributed by atoms with Crippen molar-refractivity contribution in [3.8, 4) is 0 Å². The number of rotatable bonds is 8. The quantitative estimate of drug-likeness (QED) is 0.104. The second kappa shape index (κ2) is 11.5. The van der Waals surface area contributed by atoms with Gasteiger partial charge in [0.15, 0.2) is 0 Å². The van der Waals surface area contributed by atoms with Gasteiger partial charge in [-0.15, -0.1) is 0 Å². The number of hydrogen-bond donors (Lipinski definition) is 7. The summed E-state index contributed by atoms with van der Waals surface area (Å²) in [7, 11) is -15.8. The van der Waals surface area contributed by atoms with Gasteiger partial charge in [0.1, 0.15) is 14.7 Å². The van der Waals surface area contributed by atoms with Crippen LogP contribution in [0.25, 0.3) is 10.8 Å². The minimum absolute atomic E-state index is 0.00133. The first-order valence-electron chi connectivity index (χ1n) is 12.1. The molecule has 0 saturated heterocycles. The molecule has 0 heterocycles. The predicted molar refractivity (Wildman–Crippen MR) is 158 cm³/mol. The van der Waals surface area contributed by atoms with Gasteiger partial charge < -0.3 is 21.5 Å². The maximum Gasteiger partial charge on any atom is 0.335 e. The number of carbonyl (C=O) groups excluding carboxylic acids is 2. The minimum Gasteiger partial charge on any atom is -0.478 e. The molecule has 0 bridgehead atoms. The Morgan fingerprint density at radius 2 is 1.07 bits per heavy atom. The second-order valence-corrected chi connectivity index (χ2v) is 13.6. The Morgan fingerprint density at radius 3 is 1.60 bits per heavy atom. The van der Waals surface area contributed by atoms with Gasteiger partial charge >= 0.3 is 5.97 Å². The topological polar surface area (TPSA) is 285 Å². The number of nitrogens with two attached hydrogens (primary N) is 1. The van der Waals surface area contributed by atoms with Crippen molar-refractivity contribution in [3.63, 3.8) is 0 Å². The highest BCUT2D eigenvalue weighted by Crippen LogP contribution is 2.39. The van der Waals surface area contributed by atoms with E-state index in [1.54, 1.807) is 6.92 Å². The van der Waals surface area contributed by atoms with Crippen LogP contribution in [0.15, 0.2) is 75.4 Å². The lowest BCUT2D eigenvalue weighted by atomic mass is 10.1. The Balaban J connectivity index is 1.83. The van der Waals surface area contributed by atoms with Crippen LogP contribution in [0.5, 0.6) is 0 Å². The molecule has 4 aromatic rings. The Labute approximate surface area is 254 Å². The van der Waals surface area contributed by atoms with E-state index in [1.165, 1.54) is 24.3 Å². The third-order valence-electron chi connectivity index (χ3n) is 6.34. The van der Waals surface area contributed by atoms with Crippen molar-refractivity contribution < 1.29 is 58.4 Å². The van der Waals surface area contributed by atoms with Crippen LogP contribution in [-0.2, 0) is 30.4 Å². The maximum absolute atomic E-state index is 13.3. The number of nitrogens with one attached hydrogen (secondary N) is 2.